The van der Waals surface area contributed by atoms with Gasteiger partial charge in [-0.05, 0) is 41.2 Å². The summed E-state index contributed by atoms with van der Waals surface area (Å²) in [5.74, 6) is -6.63. The second-order valence-corrected chi connectivity index (χ2v) is 8.88. The van der Waals surface area contributed by atoms with Crippen molar-refractivity contribution in [2.45, 2.75) is 46.6 Å². The van der Waals surface area contributed by atoms with Gasteiger partial charge in [0.1, 0.15) is 13.2 Å². The smallest absolute Gasteiger partial charge is 0.477 e. The first-order valence-electron chi connectivity index (χ1n) is 10.9. The molecule has 0 aromatic carbocycles. The summed E-state index contributed by atoms with van der Waals surface area (Å²) in [7, 11) is 0.810. The third kappa shape index (κ3) is 10.4. The lowest BCUT2D eigenvalue weighted by Crippen LogP contribution is -2.64. The molecular weight excluding hydrogens is 461 g/mol. The Morgan fingerprint density at radius 1 is 0.879 bits per heavy atom. The molecule has 0 aromatic heterocycles. The first-order chi connectivity index (χ1) is 15.3. The molecule has 1 unspecified atom stereocenters. The number of carbonyl (C=O) groups is 1. The molecule has 0 aliphatic heterocycles. The van der Waals surface area contributed by atoms with Crippen molar-refractivity contribution in [3.05, 3.63) is 12.3 Å². The molecular formula is C20H41NO11P+. The average molecular weight is 503 g/mol. The molecule has 1 N–H and O–H groups in total. The number of ether oxygens (including phenoxy) is 6. The number of hydrogen-bond donors (Lipinski definition) is 1. The first-order valence-corrected chi connectivity index (χ1v) is 12.4. The molecule has 196 valence electrons. The molecule has 13 heteroatoms. The highest BCUT2D eigenvalue weighted by Crippen LogP contribution is 2.52. The van der Waals surface area contributed by atoms with Gasteiger partial charge in [-0.2, -0.15) is 0 Å². The van der Waals surface area contributed by atoms with E-state index in [9.17, 15) is 14.3 Å². The van der Waals surface area contributed by atoms with Crippen LogP contribution >= 0.6 is 7.82 Å². The number of nitrogens with zero attached hydrogens (tertiary/aromatic N) is 1. The predicted octanol–water partition coefficient (Wildman–Crippen LogP) is 2.37. The largest absolute Gasteiger partial charge is 0.487 e. The standard InChI is InChI=1S/C20H40NO11P/c1-10-25-17(6)18(22)31-19(26-11-2,27-12-3)20(28-13-4,29-14-5)32-33(23,24)30-16-15-21(7,8)9/h6,10-16H2,1-5,7-9H3/p+1. The third-order valence-electron chi connectivity index (χ3n) is 3.74. The maximum Gasteiger partial charge on any atom is 0.477 e. The number of likely N-dealkylation sites (N-methyl/N-ethyl adjacent to an activating group) is 1. The summed E-state index contributed by atoms with van der Waals surface area (Å²) < 4.78 is 56.8. The minimum atomic E-state index is -4.85. The van der Waals surface area contributed by atoms with Crippen molar-refractivity contribution in [3.8, 4) is 0 Å². The molecule has 0 aromatic rings. The molecule has 0 saturated heterocycles. The van der Waals surface area contributed by atoms with E-state index in [1.54, 1.807) is 34.6 Å². The van der Waals surface area contributed by atoms with E-state index in [0.717, 1.165) is 0 Å². The maximum atomic E-state index is 12.9. The molecule has 0 saturated carbocycles. The third-order valence-corrected chi connectivity index (χ3v) is 4.72. The molecule has 0 aliphatic carbocycles. The minimum absolute atomic E-state index is 0.0856. The molecule has 0 radical (unpaired) electrons. The van der Waals surface area contributed by atoms with Crippen LogP contribution in [-0.2, 0) is 46.8 Å². The van der Waals surface area contributed by atoms with E-state index in [0.29, 0.717) is 11.0 Å². The van der Waals surface area contributed by atoms with E-state index < -0.39 is 25.7 Å². The van der Waals surface area contributed by atoms with Gasteiger partial charge < -0.3 is 37.8 Å². The Morgan fingerprint density at radius 2 is 1.33 bits per heavy atom. The quantitative estimate of drug-likeness (QED) is 0.0698. The molecule has 0 fully saturated rings. The fourth-order valence-electron chi connectivity index (χ4n) is 2.45. The van der Waals surface area contributed by atoms with Crippen LogP contribution in [0.5, 0.6) is 0 Å². The number of quaternary nitrogens is 1. The second kappa shape index (κ2) is 14.3. The number of rotatable bonds is 19. The molecule has 0 aliphatic rings. The number of esters is 1. The van der Waals surface area contributed by atoms with Gasteiger partial charge in [0.25, 0.3) is 0 Å². The zero-order valence-corrected chi connectivity index (χ0v) is 22.0. The van der Waals surface area contributed by atoms with Gasteiger partial charge in [-0.3, -0.25) is 4.52 Å². The van der Waals surface area contributed by atoms with Gasteiger partial charge in [-0.25, -0.2) is 13.9 Å². The number of carbonyl (C=O) groups excluding carboxylic acids is 1. The van der Waals surface area contributed by atoms with Crippen LogP contribution < -0.4 is 0 Å². The van der Waals surface area contributed by atoms with Gasteiger partial charge >= 0.3 is 25.7 Å². The Balaban J connectivity index is 6.36. The fourth-order valence-corrected chi connectivity index (χ4v) is 3.33. The second-order valence-electron chi connectivity index (χ2n) is 7.50. The van der Waals surface area contributed by atoms with Crippen molar-refractivity contribution in [1.82, 2.24) is 0 Å². The highest BCUT2D eigenvalue weighted by Gasteiger charge is 2.66. The van der Waals surface area contributed by atoms with Crippen molar-refractivity contribution in [3.63, 3.8) is 0 Å². The van der Waals surface area contributed by atoms with Crippen LogP contribution in [0.25, 0.3) is 0 Å². The highest BCUT2D eigenvalue weighted by atomic mass is 31.2. The zero-order chi connectivity index (χ0) is 25.8. The Labute approximate surface area is 196 Å². The topological polar surface area (TPSA) is 128 Å². The molecule has 0 heterocycles. The SMILES string of the molecule is C=C(OCC)C(=O)OC(OCC)(OCC)C(OCC)(OCC)OP(=O)(O)OCC[N+](C)(C)C. The van der Waals surface area contributed by atoms with E-state index in [4.69, 9.17) is 37.5 Å². The Kier molecular flexibility index (Phi) is 13.9. The lowest BCUT2D eigenvalue weighted by molar-refractivity contribution is -0.870. The van der Waals surface area contributed by atoms with E-state index in [-0.39, 0.29) is 45.4 Å². The van der Waals surface area contributed by atoms with Gasteiger partial charge in [0.05, 0.1) is 54.2 Å². The number of phosphoric acid groups is 1. The lowest BCUT2D eigenvalue weighted by atomic mass is 10.4. The van der Waals surface area contributed by atoms with Crippen molar-refractivity contribution in [1.29, 1.82) is 0 Å². The summed E-state index contributed by atoms with van der Waals surface area (Å²) in [5.41, 5.74) is 0. The Hall–Kier alpha value is -1.08. The van der Waals surface area contributed by atoms with Gasteiger partial charge in [0.2, 0.25) is 0 Å². The maximum absolute atomic E-state index is 12.9. The van der Waals surface area contributed by atoms with Crippen LogP contribution in [-0.4, -0.2) is 94.6 Å². The van der Waals surface area contributed by atoms with Gasteiger partial charge in [0, 0.05) is 0 Å². The molecule has 0 spiro atoms. The summed E-state index contributed by atoms with van der Waals surface area (Å²) in [5, 5.41) is 0. The van der Waals surface area contributed by atoms with Crippen LogP contribution in [0.4, 0.5) is 0 Å². The Morgan fingerprint density at radius 3 is 1.73 bits per heavy atom. The van der Waals surface area contributed by atoms with Crippen molar-refractivity contribution in [2.24, 2.45) is 0 Å². The lowest BCUT2D eigenvalue weighted by Gasteiger charge is -2.44. The first kappa shape index (κ1) is 31.9. The van der Waals surface area contributed by atoms with Gasteiger partial charge in [-0.1, -0.05) is 0 Å². The van der Waals surface area contributed by atoms with Crippen molar-refractivity contribution >= 4 is 13.8 Å². The Bertz CT molecular complexity index is 638. The van der Waals surface area contributed by atoms with Crippen LogP contribution in [0, 0.1) is 0 Å². The van der Waals surface area contributed by atoms with E-state index in [1.807, 2.05) is 21.1 Å². The molecule has 12 nitrogen and oxygen atoms in total. The zero-order valence-electron chi connectivity index (χ0n) is 21.1. The highest BCUT2D eigenvalue weighted by molar-refractivity contribution is 7.47. The van der Waals surface area contributed by atoms with E-state index >= 15 is 0 Å². The summed E-state index contributed by atoms with van der Waals surface area (Å²) >= 11 is 0. The van der Waals surface area contributed by atoms with E-state index in [1.165, 1.54) is 0 Å². The monoisotopic (exact) mass is 502 g/mol. The summed E-state index contributed by atoms with van der Waals surface area (Å²) in [6.45, 7) is 11.5. The average Bonchev–Trinajstić information content (AvgIpc) is 2.67. The summed E-state index contributed by atoms with van der Waals surface area (Å²) in [6, 6.07) is 0. The van der Waals surface area contributed by atoms with Crippen LogP contribution in [0.2, 0.25) is 0 Å². The van der Waals surface area contributed by atoms with Crippen LogP contribution in [0.3, 0.4) is 0 Å². The number of hydrogen-bond acceptors (Lipinski definition) is 10. The fraction of sp³-hybridized carbons (Fsp3) is 0.850. The van der Waals surface area contributed by atoms with Crippen molar-refractivity contribution in [2.75, 3.05) is 67.3 Å². The normalized spacial score (nSPS) is 14.6. The summed E-state index contributed by atoms with van der Waals surface area (Å²) in [4.78, 5) is 23.1. The number of phosphoric ester groups is 1. The van der Waals surface area contributed by atoms with Crippen LogP contribution in [0.15, 0.2) is 12.3 Å². The molecule has 0 bridgehead atoms. The summed E-state index contributed by atoms with van der Waals surface area (Å²) in [6.07, 6.45) is 0. The predicted molar refractivity (Wildman–Crippen MR) is 119 cm³/mol. The van der Waals surface area contributed by atoms with E-state index in [2.05, 4.69) is 6.58 Å². The molecule has 33 heavy (non-hydrogen) atoms. The minimum Gasteiger partial charge on any atom is -0.487 e. The van der Waals surface area contributed by atoms with Gasteiger partial charge in [0.15, 0.2) is 5.76 Å². The molecule has 1 atom stereocenters. The molecule has 0 amide bonds. The van der Waals surface area contributed by atoms with Gasteiger partial charge in [-0.15, -0.1) is 0 Å². The molecule has 0 rings (SSSR count). The van der Waals surface area contributed by atoms with Crippen molar-refractivity contribution < 1.29 is 56.2 Å². The van der Waals surface area contributed by atoms with Crippen LogP contribution in [0.1, 0.15) is 34.6 Å².